The van der Waals surface area contributed by atoms with Gasteiger partial charge in [0.15, 0.2) is 5.67 Å². The Morgan fingerprint density at radius 2 is 0.886 bits per heavy atom. The highest BCUT2D eigenvalue weighted by molar-refractivity contribution is 6.62. The molecule has 1 N–H and O–H groups in total. The molecule has 0 spiro atoms. The van der Waals surface area contributed by atoms with E-state index in [4.69, 9.17) is 13.3 Å². The summed E-state index contributed by atoms with van der Waals surface area (Å²) in [5.41, 5.74) is 3.96. The normalized spacial score (nSPS) is 13.5. The Morgan fingerprint density at radius 1 is 0.543 bits per heavy atom. The lowest BCUT2D eigenvalue weighted by atomic mass is 10.0. The van der Waals surface area contributed by atoms with Gasteiger partial charge in [-0.05, 0) is 27.2 Å². The van der Waals surface area contributed by atoms with E-state index in [0.717, 1.165) is 13.0 Å². The van der Waals surface area contributed by atoms with Crippen molar-refractivity contribution in [1.29, 1.82) is 0 Å². The highest BCUT2D eigenvalue weighted by Gasteiger charge is 2.57. The van der Waals surface area contributed by atoms with Crippen LogP contribution in [0.15, 0.2) is 0 Å². The van der Waals surface area contributed by atoms with E-state index in [0.29, 0.717) is 24.4 Å². The van der Waals surface area contributed by atoms with E-state index in [-0.39, 0.29) is 5.67 Å². The van der Waals surface area contributed by atoms with Crippen molar-refractivity contribution in [2.24, 2.45) is 0 Å². The number of quaternary nitrogens is 1. The first-order valence-electron chi connectivity index (χ1n) is 15.4. The molecule has 35 heavy (non-hydrogen) atoms. The Morgan fingerprint density at radius 3 is 1.20 bits per heavy atom. The molecular weight excluding hydrogens is 452 g/mol. The molecule has 0 bridgehead atoms. The number of hydrogen-bond acceptors (Lipinski definition) is 4. The third kappa shape index (κ3) is 16.5. The number of nitrogens with one attached hydrogen (secondary N) is 1. The molecule has 5 nitrogen and oxygen atoms in total. The molecule has 1 atom stereocenters. The predicted molar refractivity (Wildman–Crippen MR) is 154 cm³/mol. The molecule has 6 heteroatoms. The fourth-order valence-corrected chi connectivity index (χ4v) is 8.69. The van der Waals surface area contributed by atoms with Crippen molar-refractivity contribution in [2.45, 2.75) is 149 Å². The van der Waals surface area contributed by atoms with Gasteiger partial charge in [-0.1, -0.05) is 110 Å². The van der Waals surface area contributed by atoms with Gasteiger partial charge in [0.1, 0.15) is 0 Å². The van der Waals surface area contributed by atoms with Crippen molar-refractivity contribution in [3.63, 3.8) is 0 Å². The molecular formula is C29H65N2O3Si+. The van der Waals surface area contributed by atoms with Crippen LogP contribution in [0, 0.1) is 0 Å². The van der Waals surface area contributed by atoms with Crippen LogP contribution >= 0.6 is 0 Å². The van der Waals surface area contributed by atoms with Crippen molar-refractivity contribution in [3.8, 4) is 0 Å². The van der Waals surface area contributed by atoms with Gasteiger partial charge in [-0.3, -0.25) is 0 Å². The zero-order valence-electron chi connectivity index (χ0n) is 25.1. The quantitative estimate of drug-likeness (QED) is 0.0516. The Labute approximate surface area is 222 Å². The van der Waals surface area contributed by atoms with Crippen LogP contribution in [0.2, 0.25) is 0 Å². The molecule has 0 aromatic heterocycles. The number of nitrogens with zero attached hydrogens (tertiary/aromatic N) is 1. The van der Waals surface area contributed by atoms with E-state index in [1.54, 1.807) is 0 Å². The average Bonchev–Trinajstić information content (AvgIpc) is 2.81. The monoisotopic (exact) mass is 517 g/mol. The Hall–Kier alpha value is 0.0169. The van der Waals surface area contributed by atoms with Crippen molar-refractivity contribution < 1.29 is 17.9 Å². The van der Waals surface area contributed by atoms with E-state index < -0.39 is 8.80 Å². The van der Waals surface area contributed by atoms with E-state index in [1.165, 1.54) is 103 Å². The molecule has 0 saturated carbocycles. The van der Waals surface area contributed by atoms with Crippen molar-refractivity contribution in [1.82, 2.24) is 5.43 Å². The molecule has 0 heterocycles. The van der Waals surface area contributed by atoms with Gasteiger partial charge >= 0.3 is 8.80 Å². The van der Waals surface area contributed by atoms with Crippen molar-refractivity contribution in [2.75, 3.05) is 40.5 Å². The Balaban J connectivity index is 3.97. The summed E-state index contributed by atoms with van der Waals surface area (Å²) in [5, 5.41) is 0. The summed E-state index contributed by atoms with van der Waals surface area (Å²) >= 11 is 0. The second-order valence-corrected chi connectivity index (χ2v) is 13.3. The molecule has 0 aliphatic heterocycles. The van der Waals surface area contributed by atoms with Crippen LogP contribution in [0.3, 0.4) is 0 Å². The molecule has 0 radical (unpaired) electrons. The minimum atomic E-state index is -2.76. The highest BCUT2D eigenvalue weighted by Crippen LogP contribution is 2.25. The molecule has 0 rings (SSSR count). The zero-order chi connectivity index (χ0) is 26.3. The number of rotatable bonds is 27. The van der Waals surface area contributed by atoms with E-state index in [9.17, 15) is 0 Å². The summed E-state index contributed by atoms with van der Waals surface area (Å²) in [7, 11) is 1.71. The van der Waals surface area contributed by atoms with Gasteiger partial charge in [-0.2, -0.15) is 5.43 Å². The molecule has 0 aliphatic rings. The zero-order valence-corrected chi connectivity index (χ0v) is 26.1. The van der Waals surface area contributed by atoms with Crippen LogP contribution in [0.4, 0.5) is 0 Å². The summed E-state index contributed by atoms with van der Waals surface area (Å²) in [6.45, 7) is 13.5. The number of hydrogen-bond donors (Lipinski definition) is 1. The van der Waals surface area contributed by atoms with Crippen LogP contribution in [0.1, 0.15) is 144 Å². The lowest BCUT2D eigenvalue weighted by Gasteiger charge is -2.43. The smallest absolute Gasteiger partial charge is 0.370 e. The molecule has 0 aromatic rings. The maximum absolute atomic E-state index is 6.23. The van der Waals surface area contributed by atoms with Gasteiger partial charge in [0.25, 0.3) is 0 Å². The van der Waals surface area contributed by atoms with Crippen LogP contribution in [-0.4, -0.2) is 59.5 Å². The average molecular weight is 518 g/mol. The molecule has 0 saturated heterocycles. The van der Waals surface area contributed by atoms with Crippen LogP contribution in [0.25, 0.3) is 0 Å². The minimum absolute atomic E-state index is 0.184. The van der Waals surface area contributed by atoms with Crippen LogP contribution in [-0.2, 0) is 13.3 Å². The Kier molecular flexibility index (Phi) is 23.2. The molecule has 0 fully saturated rings. The standard InChI is InChI=1S/C29H65N2O3Si/c1-8-13-14-15-16-17-18-19-20-21-22-23-24-25-26-27-28-30-31(6,7)29(9-2)35(32-10-3,33-11-4)34-12-5/h29-30H,8-28H2,1-7H3/q+1. The van der Waals surface area contributed by atoms with E-state index in [1.807, 2.05) is 20.8 Å². The minimum Gasteiger partial charge on any atom is -0.370 e. The SMILES string of the molecule is CCCCCCCCCCCCCCCCCCN[N+](C)(C)C(CC)[Si](OCC)(OCC)OCC. The maximum atomic E-state index is 6.23. The first-order chi connectivity index (χ1) is 16.9. The maximum Gasteiger partial charge on any atom is 0.564 e. The van der Waals surface area contributed by atoms with Gasteiger partial charge < -0.3 is 13.3 Å². The van der Waals surface area contributed by atoms with E-state index in [2.05, 4.69) is 33.4 Å². The van der Waals surface area contributed by atoms with Crippen molar-refractivity contribution >= 4 is 8.80 Å². The Bertz CT molecular complexity index is 435. The molecule has 0 aliphatic carbocycles. The van der Waals surface area contributed by atoms with Gasteiger partial charge in [0, 0.05) is 32.8 Å². The second kappa shape index (κ2) is 23.2. The van der Waals surface area contributed by atoms with E-state index >= 15 is 0 Å². The van der Waals surface area contributed by atoms with Gasteiger partial charge in [0.05, 0.1) is 14.1 Å². The molecule has 212 valence electrons. The fraction of sp³-hybridized carbons (Fsp3) is 1.00. The third-order valence-electron chi connectivity index (χ3n) is 7.16. The summed E-state index contributed by atoms with van der Waals surface area (Å²) in [6, 6.07) is 0. The largest absolute Gasteiger partial charge is 0.564 e. The van der Waals surface area contributed by atoms with Crippen LogP contribution < -0.4 is 5.43 Å². The second-order valence-electron chi connectivity index (χ2n) is 10.6. The van der Waals surface area contributed by atoms with Gasteiger partial charge in [0.2, 0.25) is 0 Å². The van der Waals surface area contributed by atoms with Gasteiger partial charge in [-0.25, -0.2) is 4.59 Å². The third-order valence-corrected chi connectivity index (χ3v) is 11.1. The summed E-state index contributed by atoms with van der Waals surface area (Å²) in [6.07, 6.45) is 23.5. The predicted octanol–water partition coefficient (Wildman–Crippen LogP) is 8.20. The molecule has 0 aromatic carbocycles. The molecule has 0 amide bonds. The van der Waals surface area contributed by atoms with Gasteiger partial charge in [-0.15, -0.1) is 0 Å². The summed E-state index contributed by atoms with van der Waals surface area (Å²) in [4.78, 5) is 0. The first kappa shape index (κ1) is 35.0. The first-order valence-corrected chi connectivity index (χ1v) is 17.2. The lowest BCUT2D eigenvalue weighted by Crippen LogP contribution is -2.72. The van der Waals surface area contributed by atoms with Crippen molar-refractivity contribution in [3.05, 3.63) is 0 Å². The topological polar surface area (TPSA) is 39.7 Å². The van der Waals surface area contributed by atoms with Crippen LogP contribution in [0.5, 0.6) is 0 Å². The lowest BCUT2D eigenvalue weighted by molar-refractivity contribution is -0.949. The summed E-state index contributed by atoms with van der Waals surface area (Å²) in [5.74, 6) is 0. The highest BCUT2D eigenvalue weighted by atomic mass is 28.4. The molecule has 1 unspecified atom stereocenters. The number of unbranched alkanes of at least 4 members (excludes halogenated alkanes) is 15. The summed E-state index contributed by atoms with van der Waals surface area (Å²) < 4.78 is 19.4. The fourth-order valence-electron chi connectivity index (χ4n) is 5.27.